The van der Waals surface area contributed by atoms with Crippen LogP contribution in [0.15, 0.2) is 15.9 Å². The molecule has 0 fully saturated rings. The highest BCUT2D eigenvalue weighted by Crippen LogP contribution is 2.20. The van der Waals surface area contributed by atoms with Gasteiger partial charge in [-0.15, -0.1) is 0 Å². The largest absolute Gasteiger partial charge is 0.440 e. The first-order valence-electron chi connectivity index (χ1n) is 5.25. The number of nitriles is 1. The summed E-state index contributed by atoms with van der Waals surface area (Å²) in [5, 5.41) is 12.7. The van der Waals surface area contributed by atoms with Crippen LogP contribution in [-0.2, 0) is 0 Å². The van der Waals surface area contributed by atoms with Gasteiger partial charge < -0.3 is 9.73 Å². The number of hydrogen-bond acceptors (Lipinski definition) is 5. The Hall–Kier alpha value is -0.990. The van der Waals surface area contributed by atoms with Crippen LogP contribution in [0, 0.1) is 18.3 Å². The van der Waals surface area contributed by atoms with Gasteiger partial charge >= 0.3 is 0 Å². The lowest BCUT2D eigenvalue weighted by Crippen LogP contribution is -2.37. The maximum atomic E-state index is 8.95. The lowest BCUT2D eigenvalue weighted by atomic mass is 9.99. The van der Waals surface area contributed by atoms with Crippen LogP contribution >= 0.6 is 11.8 Å². The summed E-state index contributed by atoms with van der Waals surface area (Å²) in [6.45, 7) is 3.81. The topological polar surface area (TPSA) is 61.9 Å². The third-order valence-corrected chi connectivity index (χ3v) is 3.37. The molecule has 0 aliphatic heterocycles. The number of hydrogen-bond donors (Lipinski definition) is 1. The maximum absolute atomic E-state index is 8.95. The van der Waals surface area contributed by atoms with E-state index in [2.05, 4.69) is 16.4 Å². The second-order valence-electron chi connectivity index (χ2n) is 3.90. The Morgan fingerprint density at radius 2 is 2.44 bits per heavy atom. The fourth-order valence-corrected chi connectivity index (χ4v) is 2.01. The molecule has 0 saturated heterocycles. The molecule has 0 bridgehead atoms. The quantitative estimate of drug-likeness (QED) is 0.610. The second-order valence-corrected chi connectivity index (χ2v) is 4.95. The smallest absolute Gasteiger partial charge is 0.255 e. The van der Waals surface area contributed by atoms with Gasteiger partial charge in [-0.2, -0.15) is 5.26 Å². The number of aryl methyl sites for hydroxylation is 1. The predicted octanol–water partition coefficient (Wildman–Crippen LogP) is 2.36. The fourth-order valence-electron chi connectivity index (χ4n) is 1.22. The summed E-state index contributed by atoms with van der Waals surface area (Å²) in [5.74, 6) is 0.916. The van der Waals surface area contributed by atoms with Gasteiger partial charge in [0.25, 0.3) is 5.22 Å². The van der Waals surface area contributed by atoms with E-state index in [4.69, 9.17) is 9.68 Å². The number of nitrogens with zero attached hydrogens (tertiary/aromatic N) is 2. The number of rotatable bonds is 6. The number of nitrogens with one attached hydrogen (secondary N) is 1. The normalized spacial score (nSPS) is 14.4. The van der Waals surface area contributed by atoms with Crippen molar-refractivity contribution >= 4 is 11.8 Å². The van der Waals surface area contributed by atoms with Crippen LogP contribution < -0.4 is 5.32 Å². The van der Waals surface area contributed by atoms with E-state index in [1.54, 1.807) is 18.0 Å². The second kappa shape index (κ2) is 5.92. The average molecular weight is 239 g/mol. The Balaban J connectivity index is 2.24. The molecule has 5 heteroatoms. The van der Waals surface area contributed by atoms with Crippen molar-refractivity contribution < 1.29 is 4.42 Å². The summed E-state index contributed by atoms with van der Waals surface area (Å²) in [5.41, 5.74) is 0.479. The van der Waals surface area contributed by atoms with Crippen LogP contribution in [0.5, 0.6) is 0 Å². The molecule has 16 heavy (non-hydrogen) atoms. The van der Waals surface area contributed by atoms with Gasteiger partial charge in [-0.1, -0.05) is 11.8 Å². The van der Waals surface area contributed by atoms with E-state index in [9.17, 15) is 0 Å². The van der Waals surface area contributed by atoms with E-state index < -0.39 is 5.54 Å². The van der Waals surface area contributed by atoms with Crippen molar-refractivity contribution in [3.63, 3.8) is 0 Å². The summed E-state index contributed by atoms with van der Waals surface area (Å²) in [6, 6.07) is 2.27. The molecule has 0 saturated carbocycles. The van der Waals surface area contributed by atoms with Crippen LogP contribution in [0.25, 0.3) is 0 Å². The number of aromatic nitrogens is 1. The molecule has 0 aliphatic carbocycles. The zero-order valence-electron chi connectivity index (χ0n) is 9.91. The molecule has 0 aromatic carbocycles. The molecular weight excluding hydrogens is 222 g/mol. The highest BCUT2D eigenvalue weighted by Gasteiger charge is 2.20. The maximum Gasteiger partial charge on any atom is 0.255 e. The Kier molecular flexibility index (Phi) is 4.84. The first-order chi connectivity index (χ1) is 7.59. The third kappa shape index (κ3) is 3.87. The van der Waals surface area contributed by atoms with Crippen molar-refractivity contribution in [2.75, 3.05) is 12.8 Å². The molecule has 4 nitrogen and oxygen atoms in total. The summed E-state index contributed by atoms with van der Waals surface area (Å²) >= 11 is 1.59. The fraction of sp³-hybridized carbons (Fsp3) is 0.636. The van der Waals surface area contributed by atoms with Crippen LogP contribution in [0.4, 0.5) is 0 Å². The van der Waals surface area contributed by atoms with Crippen molar-refractivity contribution in [3.05, 3.63) is 12.0 Å². The monoisotopic (exact) mass is 239 g/mol. The van der Waals surface area contributed by atoms with Gasteiger partial charge in [0, 0.05) is 5.75 Å². The summed E-state index contributed by atoms with van der Waals surface area (Å²) < 4.78 is 5.22. The van der Waals surface area contributed by atoms with Gasteiger partial charge in [-0.25, -0.2) is 4.98 Å². The van der Waals surface area contributed by atoms with Crippen molar-refractivity contribution in [3.8, 4) is 6.07 Å². The molecule has 1 unspecified atom stereocenters. The molecule has 1 N–H and O–H groups in total. The van der Waals surface area contributed by atoms with Gasteiger partial charge in [0.05, 0.1) is 11.8 Å². The minimum atomic E-state index is -0.424. The molecule has 1 heterocycles. The lowest BCUT2D eigenvalue weighted by Gasteiger charge is -2.19. The lowest BCUT2D eigenvalue weighted by molar-refractivity contribution is 0.446. The molecule has 1 atom stereocenters. The highest BCUT2D eigenvalue weighted by atomic mass is 32.2. The first-order valence-corrected chi connectivity index (χ1v) is 6.23. The molecular formula is C11H17N3OS. The molecule has 0 spiro atoms. The molecule has 1 aromatic rings. The van der Waals surface area contributed by atoms with Crippen molar-refractivity contribution in [1.82, 2.24) is 10.3 Å². The van der Waals surface area contributed by atoms with Gasteiger partial charge in [-0.3, -0.25) is 0 Å². The molecule has 1 rings (SSSR count). The van der Waals surface area contributed by atoms with Crippen LogP contribution in [0.2, 0.25) is 0 Å². The van der Waals surface area contributed by atoms with E-state index in [1.165, 1.54) is 0 Å². The third-order valence-electron chi connectivity index (χ3n) is 2.44. The van der Waals surface area contributed by atoms with E-state index >= 15 is 0 Å². The Morgan fingerprint density at radius 3 is 2.94 bits per heavy atom. The molecule has 1 aromatic heterocycles. The van der Waals surface area contributed by atoms with Crippen molar-refractivity contribution in [2.45, 2.75) is 37.5 Å². The average Bonchev–Trinajstić information content (AvgIpc) is 2.70. The Morgan fingerprint density at radius 1 is 1.69 bits per heavy atom. The zero-order valence-corrected chi connectivity index (χ0v) is 10.7. The predicted molar refractivity (Wildman–Crippen MR) is 64.3 cm³/mol. The first kappa shape index (κ1) is 13.1. The minimum absolute atomic E-state index is 0.424. The molecule has 0 aliphatic rings. The van der Waals surface area contributed by atoms with Crippen LogP contribution in [0.3, 0.4) is 0 Å². The van der Waals surface area contributed by atoms with Gasteiger partial charge in [0.2, 0.25) is 0 Å². The summed E-state index contributed by atoms with van der Waals surface area (Å²) in [7, 11) is 1.81. The van der Waals surface area contributed by atoms with Crippen molar-refractivity contribution in [2.24, 2.45) is 0 Å². The van der Waals surface area contributed by atoms with E-state index in [0.29, 0.717) is 5.22 Å². The zero-order chi connectivity index (χ0) is 12.0. The molecule has 88 valence electrons. The van der Waals surface area contributed by atoms with E-state index in [1.807, 2.05) is 20.9 Å². The highest BCUT2D eigenvalue weighted by molar-refractivity contribution is 7.99. The standard InChI is InChI=1S/C11H17N3OS/c1-9-7-15-10(14-9)16-6-4-5-11(2,8-12)13-3/h7,13H,4-6H2,1-3H3. The minimum Gasteiger partial charge on any atom is -0.440 e. The molecule has 0 radical (unpaired) electrons. The van der Waals surface area contributed by atoms with Gasteiger partial charge in [0.15, 0.2) is 0 Å². The Bertz CT molecular complexity index is 372. The molecule has 0 amide bonds. The van der Waals surface area contributed by atoms with Crippen LogP contribution in [-0.4, -0.2) is 23.3 Å². The van der Waals surface area contributed by atoms with Gasteiger partial charge in [-0.05, 0) is 33.7 Å². The van der Waals surface area contributed by atoms with Crippen molar-refractivity contribution in [1.29, 1.82) is 5.26 Å². The van der Waals surface area contributed by atoms with Crippen LogP contribution in [0.1, 0.15) is 25.5 Å². The Labute approximate surface area is 100 Å². The summed E-state index contributed by atoms with van der Waals surface area (Å²) in [4.78, 5) is 4.20. The van der Waals surface area contributed by atoms with E-state index in [0.717, 1.165) is 24.3 Å². The summed E-state index contributed by atoms with van der Waals surface area (Å²) in [6.07, 6.45) is 3.43. The SMILES string of the molecule is CNC(C)(C#N)CCCSc1nc(C)co1. The number of oxazole rings is 1. The van der Waals surface area contributed by atoms with E-state index in [-0.39, 0.29) is 0 Å². The number of thioether (sulfide) groups is 1. The van der Waals surface area contributed by atoms with Gasteiger partial charge in [0.1, 0.15) is 11.8 Å².